The molecule has 0 saturated heterocycles. The number of benzene rings is 2. The number of rotatable bonds is 7. The lowest BCUT2D eigenvalue weighted by atomic mass is 10.1. The fourth-order valence-corrected chi connectivity index (χ4v) is 5.01. The fraction of sp³-hybridized carbons (Fsp3) is 0.0800. The zero-order valence-corrected chi connectivity index (χ0v) is 20.6. The van der Waals surface area contributed by atoms with E-state index in [1.54, 1.807) is 30.2 Å². The van der Waals surface area contributed by atoms with Crippen molar-refractivity contribution in [2.75, 3.05) is 12.4 Å². The molecule has 1 amide bonds. The quantitative estimate of drug-likeness (QED) is 0.249. The van der Waals surface area contributed by atoms with Gasteiger partial charge in [0.15, 0.2) is 5.84 Å². The highest BCUT2D eigenvalue weighted by Crippen LogP contribution is 2.31. The molecule has 2 aliphatic heterocycles. The van der Waals surface area contributed by atoms with E-state index in [2.05, 4.69) is 15.1 Å². The maximum atomic E-state index is 12.6. The Morgan fingerprint density at radius 2 is 1.91 bits per heavy atom. The van der Waals surface area contributed by atoms with Gasteiger partial charge in [0.05, 0.1) is 12.2 Å². The van der Waals surface area contributed by atoms with Gasteiger partial charge < -0.3 is 4.74 Å². The number of amides is 1. The highest BCUT2D eigenvalue weighted by Gasteiger charge is 2.36. The molecule has 3 aromatic rings. The molecule has 7 nitrogen and oxygen atoms in total. The van der Waals surface area contributed by atoms with Crippen molar-refractivity contribution < 1.29 is 9.53 Å². The van der Waals surface area contributed by atoms with Gasteiger partial charge in [0.2, 0.25) is 5.17 Å². The molecule has 1 aromatic heterocycles. The molecular weight excluding hydrogens is 502 g/mol. The number of hydrogen-bond acceptors (Lipinski definition) is 7. The van der Waals surface area contributed by atoms with Gasteiger partial charge in [-0.05, 0) is 71.9 Å². The van der Waals surface area contributed by atoms with Crippen LogP contribution in [0.4, 0.5) is 0 Å². The Bertz CT molecular complexity index is 1360. The molecular formula is C25H18ClN5O2S2. The Morgan fingerprint density at radius 3 is 2.66 bits per heavy atom. The van der Waals surface area contributed by atoms with Crippen LogP contribution in [0.5, 0.6) is 5.75 Å². The minimum atomic E-state index is -0.462. The van der Waals surface area contributed by atoms with E-state index in [1.165, 1.54) is 16.8 Å². The highest BCUT2D eigenvalue weighted by molar-refractivity contribution is 8.27. The second-order valence-corrected chi connectivity index (χ2v) is 9.95. The molecule has 0 bridgehead atoms. The van der Waals surface area contributed by atoms with Crippen LogP contribution in [-0.2, 0) is 4.79 Å². The average Bonchev–Trinajstić information content (AvgIpc) is 3.31. The van der Waals surface area contributed by atoms with Crippen molar-refractivity contribution in [1.82, 2.24) is 9.99 Å². The van der Waals surface area contributed by atoms with E-state index < -0.39 is 5.91 Å². The number of carbonyl (C=O) groups excluding carboxylic acids is 1. The molecule has 2 aromatic carbocycles. The topological polar surface area (TPSA) is 91.0 Å². The maximum Gasteiger partial charge on any atom is 0.283 e. The number of aromatic nitrogens is 1. The average molecular weight is 520 g/mol. The number of halogens is 1. The normalized spacial score (nSPS) is 16.3. The Morgan fingerprint density at radius 1 is 1.11 bits per heavy atom. The molecule has 1 N–H and O–H groups in total. The van der Waals surface area contributed by atoms with Crippen LogP contribution in [0.1, 0.15) is 11.1 Å². The molecule has 10 heteroatoms. The summed E-state index contributed by atoms with van der Waals surface area (Å²) in [6.45, 7) is 0.554. The van der Waals surface area contributed by atoms with E-state index in [1.807, 2.05) is 60.7 Å². The minimum Gasteiger partial charge on any atom is -0.493 e. The standard InChI is InChI=1S/C25H18ClN5O2S2/c26-18-5-9-20(10-6-18)34-13-12-33-19-7-3-16(4-8-19)14-21-22(27)31-25(29-23(21)32)35-24(30-31)17-2-1-11-28-15-17/h1-11,14-15,27H,12-13H2. The van der Waals surface area contributed by atoms with Crippen LogP contribution in [-0.4, -0.2) is 44.3 Å². The number of amidine groups is 2. The van der Waals surface area contributed by atoms with Crippen LogP contribution in [0.25, 0.3) is 6.08 Å². The fourth-order valence-electron chi connectivity index (χ4n) is 3.27. The number of nitrogens with zero attached hydrogens (tertiary/aromatic N) is 4. The number of fused-ring (bicyclic) bond motifs is 1. The third-order valence-electron chi connectivity index (χ3n) is 4.99. The third-order valence-corrected chi connectivity index (χ3v) is 7.17. The van der Waals surface area contributed by atoms with E-state index in [-0.39, 0.29) is 11.4 Å². The van der Waals surface area contributed by atoms with E-state index in [4.69, 9.17) is 21.7 Å². The lowest BCUT2D eigenvalue weighted by molar-refractivity contribution is -0.114. The first-order valence-electron chi connectivity index (χ1n) is 10.6. The summed E-state index contributed by atoms with van der Waals surface area (Å²) in [6, 6.07) is 18.8. The van der Waals surface area contributed by atoms with E-state index in [9.17, 15) is 4.79 Å². The van der Waals surface area contributed by atoms with Crippen LogP contribution >= 0.6 is 35.1 Å². The number of hydrogen-bond donors (Lipinski definition) is 1. The Kier molecular flexibility index (Phi) is 6.98. The number of carbonyl (C=O) groups is 1. The molecule has 0 fully saturated rings. The largest absolute Gasteiger partial charge is 0.493 e. The summed E-state index contributed by atoms with van der Waals surface area (Å²) >= 11 is 8.85. The summed E-state index contributed by atoms with van der Waals surface area (Å²) in [4.78, 5) is 22.0. The summed E-state index contributed by atoms with van der Waals surface area (Å²) in [6.07, 6.45) is 5.01. The smallest absolute Gasteiger partial charge is 0.283 e. The predicted molar refractivity (Wildman–Crippen MR) is 142 cm³/mol. The zero-order chi connectivity index (χ0) is 24.2. The van der Waals surface area contributed by atoms with Crippen molar-refractivity contribution in [2.45, 2.75) is 4.90 Å². The van der Waals surface area contributed by atoms with Crippen molar-refractivity contribution in [3.05, 3.63) is 94.8 Å². The molecule has 3 heterocycles. The minimum absolute atomic E-state index is 0.00839. The maximum absolute atomic E-state index is 12.6. The Balaban J connectivity index is 1.22. The number of pyridine rings is 1. The van der Waals surface area contributed by atoms with Gasteiger partial charge in [0.25, 0.3) is 5.91 Å². The number of ether oxygens (including phenoxy) is 1. The zero-order valence-electron chi connectivity index (χ0n) is 18.2. The first kappa shape index (κ1) is 23.3. The van der Waals surface area contributed by atoms with Gasteiger partial charge in [-0.1, -0.05) is 23.7 Å². The lowest BCUT2D eigenvalue weighted by Crippen LogP contribution is -2.35. The summed E-state index contributed by atoms with van der Waals surface area (Å²) in [5, 5.41) is 16.1. The first-order valence-corrected chi connectivity index (χ1v) is 12.8. The number of hydrazone groups is 1. The second kappa shape index (κ2) is 10.5. The van der Waals surface area contributed by atoms with Crippen molar-refractivity contribution in [3.8, 4) is 5.75 Å². The molecule has 35 heavy (non-hydrogen) atoms. The van der Waals surface area contributed by atoms with Crippen molar-refractivity contribution in [2.24, 2.45) is 10.1 Å². The number of thioether (sulfide) groups is 2. The molecule has 0 spiro atoms. The lowest BCUT2D eigenvalue weighted by Gasteiger charge is -2.20. The van der Waals surface area contributed by atoms with Gasteiger partial charge in [-0.15, -0.1) is 11.8 Å². The molecule has 5 rings (SSSR count). The summed E-state index contributed by atoms with van der Waals surface area (Å²) in [5.41, 5.74) is 1.75. The van der Waals surface area contributed by atoms with Crippen molar-refractivity contribution in [3.63, 3.8) is 0 Å². The molecule has 0 aliphatic carbocycles. The van der Waals surface area contributed by atoms with Gasteiger partial charge in [0, 0.05) is 33.6 Å². The van der Waals surface area contributed by atoms with Crippen molar-refractivity contribution in [1.29, 1.82) is 5.41 Å². The second-order valence-electron chi connectivity index (χ2n) is 7.39. The monoisotopic (exact) mass is 519 g/mol. The van der Waals surface area contributed by atoms with E-state index in [0.29, 0.717) is 16.8 Å². The van der Waals surface area contributed by atoms with E-state index >= 15 is 0 Å². The van der Waals surface area contributed by atoms with Crippen molar-refractivity contribution >= 4 is 63.2 Å². The third kappa shape index (κ3) is 5.48. The van der Waals surface area contributed by atoms with E-state index in [0.717, 1.165) is 32.5 Å². The predicted octanol–water partition coefficient (Wildman–Crippen LogP) is 5.57. The van der Waals surface area contributed by atoms with Gasteiger partial charge in [-0.25, -0.2) is 0 Å². The van der Waals surface area contributed by atoms with Gasteiger partial charge in [0.1, 0.15) is 10.8 Å². The molecule has 0 radical (unpaired) electrons. The van der Waals surface area contributed by atoms with Crippen LogP contribution in [0.2, 0.25) is 5.02 Å². The van der Waals surface area contributed by atoms with Gasteiger partial charge in [-0.2, -0.15) is 15.1 Å². The van der Waals surface area contributed by atoms with Gasteiger partial charge >= 0.3 is 0 Å². The summed E-state index contributed by atoms with van der Waals surface area (Å²) < 4.78 is 5.82. The van der Waals surface area contributed by atoms with Crippen LogP contribution in [0, 0.1) is 5.41 Å². The summed E-state index contributed by atoms with van der Waals surface area (Å²) in [5.74, 6) is 1.06. The molecule has 174 valence electrons. The first-order chi connectivity index (χ1) is 17.1. The van der Waals surface area contributed by atoms with Gasteiger partial charge in [-0.3, -0.25) is 15.2 Å². The molecule has 0 atom stereocenters. The summed E-state index contributed by atoms with van der Waals surface area (Å²) in [7, 11) is 0. The Labute approximate surface area is 215 Å². The molecule has 0 saturated carbocycles. The Hall–Kier alpha value is -3.40. The van der Waals surface area contributed by atoms with Crippen LogP contribution in [0.15, 0.2) is 93.6 Å². The number of aliphatic imine (C=N–C) groups is 1. The van der Waals surface area contributed by atoms with Crippen LogP contribution in [0.3, 0.4) is 0 Å². The molecule has 0 unspecified atom stereocenters. The SMILES string of the molecule is N=C1C(=Cc2ccc(OCCSc3ccc(Cl)cc3)cc2)C(=O)N=C2SC(c3cccnc3)=NN12. The highest BCUT2D eigenvalue weighted by atomic mass is 35.5. The van der Waals surface area contributed by atoms with Crippen LogP contribution < -0.4 is 4.74 Å². The molecule has 2 aliphatic rings. The number of nitrogens with one attached hydrogen (secondary N) is 1.